The predicted molar refractivity (Wildman–Crippen MR) is 73.4 cm³/mol. The third kappa shape index (κ3) is 2.67. The molecule has 2 N–H and O–H groups in total. The van der Waals surface area contributed by atoms with Crippen LogP contribution in [-0.2, 0) is 19.1 Å². The zero-order valence-corrected chi connectivity index (χ0v) is 12.9. The van der Waals surface area contributed by atoms with Crippen molar-refractivity contribution in [3.05, 3.63) is 0 Å². The molecule has 1 aliphatic carbocycles. The molecule has 0 radical (unpaired) electrons. The third-order valence-electron chi connectivity index (χ3n) is 4.33. The van der Waals surface area contributed by atoms with Crippen molar-refractivity contribution in [2.24, 2.45) is 11.3 Å². The first-order valence-electron chi connectivity index (χ1n) is 6.89. The second-order valence-electron chi connectivity index (χ2n) is 5.93. The van der Waals surface area contributed by atoms with Crippen LogP contribution in [0.3, 0.4) is 0 Å². The second-order valence-corrected chi connectivity index (χ2v) is 5.93. The minimum absolute atomic E-state index is 0.165. The lowest BCUT2D eigenvalue weighted by Gasteiger charge is -2.58. The van der Waals surface area contributed by atoms with Crippen LogP contribution >= 0.6 is 0 Å². The molecular weight excluding hydrogens is 262 g/mol. The number of aliphatic carboxylic acids is 1. The van der Waals surface area contributed by atoms with Gasteiger partial charge in [0.25, 0.3) is 0 Å². The fourth-order valence-corrected chi connectivity index (χ4v) is 2.70. The number of carbonyl (C=O) groups is 2. The Morgan fingerprint density at radius 3 is 2.45 bits per heavy atom. The van der Waals surface area contributed by atoms with Crippen molar-refractivity contribution in [2.45, 2.75) is 45.8 Å². The summed E-state index contributed by atoms with van der Waals surface area (Å²) in [4.78, 5) is 23.8. The van der Waals surface area contributed by atoms with Crippen LogP contribution in [0.25, 0.3) is 0 Å². The first-order valence-corrected chi connectivity index (χ1v) is 6.89. The van der Waals surface area contributed by atoms with E-state index in [2.05, 4.69) is 5.32 Å². The van der Waals surface area contributed by atoms with Gasteiger partial charge in [-0.1, -0.05) is 20.8 Å². The highest BCUT2D eigenvalue weighted by Gasteiger charge is 2.66. The van der Waals surface area contributed by atoms with E-state index in [1.54, 1.807) is 6.92 Å². The maximum atomic E-state index is 12.1. The maximum absolute atomic E-state index is 12.1. The van der Waals surface area contributed by atoms with E-state index in [0.29, 0.717) is 6.61 Å². The van der Waals surface area contributed by atoms with Crippen molar-refractivity contribution in [2.75, 3.05) is 20.3 Å². The largest absolute Gasteiger partial charge is 0.479 e. The molecule has 1 amide bonds. The second kappa shape index (κ2) is 6.10. The zero-order chi connectivity index (χ0) is 15.6. The van der Waals surface area contributed by atoms with Gasteiger partial charge in [-0.15, -0.1) is 0 Å². The summed E-state index contributed by atoms with van der Waals surface area (Å²) in [6.07, 6.45) is 0.121. The minimum Gasteiger partial charge on any atom is -0.479 e. The normalized spacial score (nSPS) is 29.4. The van der Waals surface area contributed by atoms with Gasteiger partial charge < -0.3 is 19.9 Å². The highest BCUT2D eigenvalue weighted by atomic mass is 16.5. The summed E-state index contributed by atoms with van der Waals surface area (Å²) in [5.74, 6) is -1.72. The topological polar surface area (TPSA) is 84.9 Å². The van der Waals surface area contributed by atoms with Crippen molar-refractivity contribution in [1.82, 2.24) is 5.32 Å². The number of hydrogen-bond acceptors (Lipinski definition) is 4. The molecule has 0 aromatic rings. The molecule has 20 heavy (non-hydrogen) atoms. The van der Waals surface area contributed by atoms with E-state index in [9.17, 15) is 14.7 Å². The number of carbonyl (C=O) groups excluding carboxylic acids is 1. The van der Waals surface area contributed by atoms with E-state index in [1.165, 1.54) is 7.11 Å². The first-order chi connectivity index (χ1) is 9.22. The number of rotatable bonds is 7. The Hall–Kier alpha value is -1.14. The molecule has 0 aromatic carbocycles. The first kappa shape index (κ1) is 16.9. The predicted octanol–water partition coefficient (Wildman–Crippen LogP) is 1.04. The third-order valence-corrected chi connectivity index (χ3v) is 4.33. The molecule has 0 aromatic heterocycles. The maximum Gasteiger partial charge on any atom is 0.330 e. The van der Waals surface area contributed by atoms with Crippen molar-refractivity contribution < 1.29 is 24.2 Å². The molecule has 1 saturated carbocycles. The zero-order valence-electron chi connectivity index (χ0n) is 12.9. The standard InChI is InChI=1S/C14H25NO5/c1-6-20-10-7-14(12(17)18,13(10,3)4)15-11(16)9(2)8-19-5/h9-10H,6-8H2,1-5H3,(H,15,16)(H,17,18). The number of carboxylic acids is 1. The van der Waals surface area contributed by atoms with Gasteiger partial charge in [0.05, 0.1) is 18.6 Å². The molecule has 1 fully saturated rings. The summed E-state index contributed by atoms with van der Waals surface area (Å²) in [7, 11) is 1.51. The van der Waals surface area contributed by atoms with Crippen molar-refractivity contribution in [3.63, 3.8) is 0 Å². The van der Waals surface area contributed by atoms with Gasteiger partial charge in [-0.2, -0.15) is 0 Å². The monoisotopic (exact) mass is 287 g/mol. The Balaban J connectivity index is 2.86. The van der Waals surface area contributed by atoms with E-state index in [1.807, 2.05) is 20.8 Å². The van der Waals surface area contributed by atoms with Gasteiger partial charge in [0.2, 0.25) is 5.91 Å². The summed E-state index contributed by atoms with van der Waals surface area (Å²) in [5.41, 5.74) is -1.93. The van der Waals surface area contributed by atoms with Gasteiger partial charge in [0.1, 0.15) is 5.54 Å². The number of ether oxygens (including phenoxy) is 2. The molecule has 0 spiro atoms. The molecule has 3 atom stereocenters. The highest BCUT2D eigenvalue weighted by molar-refractivity contribution is 5.90. The van der Waals surface area contributed by atoms with E-state index < -0.39 is 22.8 Å². The smallest absolute Gasteiger partial charge is 0.330 e. The Kier molecular flexibility index (Phi) is 5.15. The fourth-order valence-electron chi connectivity index (χ4n) is 2.70. The molecule has 3 unspecified atom stereocenters. The van der Waals surface area contributed by atoms with Crippen molar-refractivity contribution >= 4 is 11.9 Å². The summed E-state index contributed by atoms with van der Waals surface area (Å²) >= 11 is 0. The van der Waals surface area contributed by atoms with E-state index in [0.717, 1.165) is 0 Å². The Bertz CT molecular complexity index is 382. The average Bonchev–Trinajstić information content (AvgIpc) is 2.36. The fraction of sp³-hybridized carbons (Fsp3) is 0.857. The molecule has 116 valence electrons. The lowest BCUT2D eigenvalue weighted by molar-refractivity contribution is -0.195. The lowest BCUT2D eigenvalue weighted by atomic mass is 9.54. The summed E-state index contributed by atoms with van der Waals surface area (Å²) in [6.45, 7) is 7.99. The molecule has 1 rings (SSSR count). The number of nitrogens with one attached hydrogen (secondary N) is 1. The SMILES string of the molecule is CCOC1CC(NC(=O)C(C)COC)(C(=O)O)C1(C)C. The van der Waals surface area contributed by atoms with E-state index in [4.69, 9.17) is 9.47 Å². The Labute approximate surface area is 119 Å². The van der Waals surface area contributed by atoms with Crippen LogP contribution in [0.1, 0.15) is 34.1 Å². The molecular formula is C14H25NO5. The van der Waals surface area contributed by atoms with E-state index in [-0.39, 0.29) is 25.0 Å². The van der Waals surface area contributed by atoms with Gasteiger partial charge >= 0.3 is 5.97 Å². The van der Waals surface area contributed by atoms with Crippen LogP contribution in [0.4, 0.5) is 0 Å². The Morgan fingerprint density at radius 2 is 2.05 bits per heavy atom. The van der Waals surface area contributed by atoms with Crippen LogP contribution in [0.15, 0.2) is 0 Å². The van der Waals surface area contributed by atoms with Gasteiger partial charge in [0, 0.05) is 25.6 Å². The van der Waals surface area contributed by atoms with Crippen LogP contribution in [-0.4, -0.2) is 48.9 Å². The average molecular weight is 287 g/mol. The highest BCUT2D eigenvalue weighted by Crippen LogP contribution is 2.51. The molecule has 6 nitrogen and oxygen atoms in total. The van der Waals surface area contributed by atoms with Crippen LogP contribution in [0, 0.1) is 11.3 Å². The molecule has 0 saturated heterocycles. The minimum atomic E-state index is -1.27. The lowest BCUT2D eigenvalue weighted by Crippen LogP contribution is -2.76. The summed E-state index contributed by atoms with van der Waals surface area (Å²) < 4.78 is 10.5. The van der Waals surface area contributed by atoms with Crippen molar-refractivity contribution in [1.29, 1.82) is 0 Å². The van der Waals surface area contributed by atoms with E-state index >= 15 is 0 Å². The quantitative estimate of drug-likeness (QED) is 0.731. The number of hydrogen-bond donors (Lipinski definition) is 2. The van der Waals surface area contributed by atoms with Crippen LogP contribution < -0.4 is 5.32 Å². The van der Waals surface area contributed by atoms with Gasteiger partial charge in [0.15, 0.2) is 0 Å². The van der Waals surface area contributed by atoms with Crippen molar-refractivity contribution in [3.8, 4) is 0 Å². The van der Waals surface area contributed by atoms with Gasteiger partial charge in [-0.05, 0) is 6.92 Å². The number of methoxy groups -OCH3 is 1. The van der Waals surface area contributed by atoms with Gasteiger partial charge in [-0.25, -0.2) is 4.79 Å². The molecule has 6 heteroatoms. The van der Waals surface area contributed by atoms with Gasteiger partial charge in [-0.3, -0.25) is 4.79 Å². The Morgan fingerprint density at radius 1 is 1.45 bits per heavy atom. The molecule has 1 aliphatic rings. The summed E-state index contributed by atoms with van der Waals surface area (Å²) in [5, 5.41) is 12.3. The number of amides is 1. The molecule has 0 aliphatic heterocycles. The number of carboxylic acid groups (broad SMARTS) is 1. The molecule has 0 bridgehead atoms. The molecule has 0 heterocycles. The van der Waals surface area contributed by atoms with Crippen LogP contribution in [0.5, 0.6) is 0 Å². The summed E-state index contributed by atoms with van der Waals surface area (Å²) in [6, 6.07) is 0. The van der Waals surface area contributed by atoms with Crippen LogP contribution in [0.2, 0.25) is 0 Å².